The molecule has 2 fully saturated rings. The normalized spacial score (nSPS) is 31.4. The Bertz CT molecular complexity index is 267. The van der Waals surface area contributed by atoms with E-state index in [1.807, 2.05) is 4.90 Å². The van der Waals surface area contributed by atoms with Gasteiger partial charge in [-0.15, -0.1) is 0 Å². The molecule has 2 unspecified atom stereocenters. The zero-order valence-electron chi connectivity index (χ0n) is 10.9. The lowest BCUT2D eigenvalue weighted by Crippen LogP contribution is -2.54. The van der Waals surface area contributed by atoms with Crippen molar-refractivity contribution in [2.75, 3.05) is 39.3 Å². The van der Waals surface area contributed by atoms with Gasteiger partial charge in [0.25, 0.3) is 0 Å². The molecule has 2 saturated heterocycles. The molecule has 0 aromatic rings. The Labute approximate surface area is 104 Å². The Morgan fingerprint density at radius 2 is 1.76 bits per heavy atom. The minimum absolute atomic E-state index is 0.252. The van der Waals surface area contributed by atoms with Crippen LogP contribution in [0.1, 0.15) is 20.3 Å². The largest absolute Gasteiger partial charge is 0.396 e. The number of carbonyl (C=O) groups is 1. The van der Waals surface area contributed by atoms with Crippen molar-refractivity contribution in [3.63, 3.8) is 0 Å². The second-order valence-corrected chi connectivity index (χ2v) is 5.99. The first kappa shape index (κ1) is 12.8. The van der Waals surface area contributed by atoms with Gasteiger partial charge in [-0.2, -0.15) is 0 Å². The van der Waals surface area contributed by atoms with E-state index in [9.17, 15) is 4.79 Å². The summed E-state index contributed by atoms with van der Waals surface area (Å²) in [6, 6.07) is 0. The molecule has 2 rings (SSSR count). The molecule has 4 heteroatoms. The monoisotopic (exact) mass is 240 g/mol. The lowest BCUT2D eigenvalue weighted by molar-refractivity contribution is -0.137. The van der Waals surface area contributed by atoms with Crippen LogP contribution < -0.4 is 0 Å². The molecular weight excluding hydrogens is 216 g/mol. The van der Waals surface area contributed by atoms with Crippen LogP contribution in [0.3, 0.4) is 0 Å². The van der Waals surface area contributed by atoms with Crippen LogP contribution in [-0.4, -0.2) is 60.1 Å². The average Bonchev–Trinajstić information content (AvgIpc) is 2.21. The summed E-state index contributed by atoms with van der Waals surface area (Å²) in [5, 5.41) is 8.93. The highest BCUT2D eigenvalue weighted by Crippen LogP contribution is 2.22. The first-order valence-electron chi connectivity index (χ1n) is 6.69. The van der Waals surface area contributed by atoms with E-state index in [4.69, 9.17) is 5.11 Å². The predicted molar refractivity (Wildman–Crippen MR) is 66.5 cm³/mol. The molecule has 98 valence electrons. The highest BCUT2D eigenvalue weighted by Gasteiger charge is 2.31. The van der Waals surface area contributed by atoms with Gasteiger partial charge in [-0.1, -0.05) is 13.8 Å². The van der Waals surface area contributed by atoms with Gasteiger partial charge in [0.05, 0.1) is 6.54 Å². The van der Waals surface area contributed by atoms with Crippen LogP contribution in [0.2, 0.25) is 0 Å². The van der Waals surface area contributed by atoms with Crippen LogP contribution in [0, 0.1) is 17.8 Å². The van der Waals surface area contributed by atoms with E-state index in [0.717, 1.165) is 26.2 Å². The first-order valence-corrected chi connectivity index (χ1v) is 6.69. The average molecular weight is 240 g/mol. The molecule has 0 aromatic carbocycles. The summed E-state index contributed by atoms with van der Waals surface area (Å²) in [5.41, 5.74) is 0. The number of hydrogen-bond donors (Lipinski definition) is 1. The van der Waals surface area contributed by atoms with E-state index in [1.54, 1.807) is 0 Å². The third-order valence-electron chi connectivity index (χ3n) is 3.87. The minimum Gasteiger partial charge on any atom is -0.396 e. The molecule has 1 amide bonds. The van der Waals surface area contributed by atoms with Gasteiger partial charge in [0.1, 0.15) is 0 Å². The Balaban J connectivity index is 1.76. The Morgan fingerprint density at radius 3 is 2.29 bits per heavy atom. The van der Waals surface area contributed by atoms with Crippen LogP contribution in [0.4, 0.5) is 0 Å². The quantitative estimate of drug-likeness (QED) is 0.777. The van der Waals surface area contributed by atoms with Crippen LogP contribution in [0.25, 0.3) is 0 Å². The van der Waals surface area contributed by atoms with Gasteiger partial charge >= 0.3 is 0 Å². The van der Waals surface area contributed by atoms with E-state index in [-0.39, 0.29) is 12.5 Å². The fraction of sp³-hybridized carbons (Fsp3) is 0.923. The number of amides is 1. The molecule has 2 heterocycles. The molecule has 0 radical (unpaired) electrons. The zero-order valence-corrected chi connectivity index (χ0v) is 10.9. The van der Waals surface area contributed by atoms with E-state index >= 15 is 0 Å². The third-order valence-corrected chi connectivity index (χ3v) is 3.87. The molecule has 0 saturated carbocycles. The second-order valence-electron chi connectivity index (χ2n) is 5.99. The number of hydrogen-bond acceptors (Lipinski definition) is 3. The van der Waals surface area contributed by atoms with Crippen LogP contribution in [0.5, 0.6) is 0 Å². The van der Waals surface area contributed by atoms with Crippen molar-refractivity contribution in [3.05, 3.63) is 0 Å². The summed E-state index contributed by atoms with van der Waals surface area (Å²) >= 11 is 0. The van der Waals surface area contributed by atoms with Crippen molar-refractivity contribution < 1.29 is 9.90 Å². The first-order chi connectivity index (χ1) is 8.08. The third kappa shape index (κ3) is 3.19. The summed E-state index contributed by atoms with van der Waals surface area (Å²) in [6.07, 6.45) is 1.24. The Kier molecular flexibility index (Phi) is 4.05. The molecule has 17 heavy (non-hydrogen) atoms. The summed E-state index contributed by atoms with van der Waals surface area (Å²) in [6.45, 7) is 8.82. The molecule has 0 aromatic heterocycles. The molecule has 0 aliphatic carbocycles. The molecule has 2 aliphatic heterocycles. The maximum Gasteiger partial charge on any atom is 0.236 e. The highest BCUT2D eigenvalue weighted by atomic mass is 16.3. The maximum absolute atomic E-state index is 12.1. The number of piperidine rings is 1. The van der Waals surface area contributed by atoms with Gasteiger partial charge in [0.2, 0.25) is 5.91 Å². The maximum atomic E-state index is 12.1. The van der Waals surface area contributed by atoms with Gasteiger partial charge in [-0.05, 0) is 18.3 Å². The smallest absolute Gasteiger partial charge is 0.236 e. The van der Waals surface area contributed by atoms with Gasteiger partial charge < -0.3 is 10.0 Å². The van der Waals surface area contributed by atoms with Gasteiger partial charge in [-0.3, -0.25) is 9.69 Å². The SMILES string of the molecule is CC1CC(C)CN(C(=O)CN2CC(CO)C2)C1. The lowest BCUT2D eigenvalue weighted by Gasteiger charge is -2.40. The number of carbonyl (C=O) groups excluding carboxylic acids is 1. The number of rotatable bonds is 3. The molecule has 2 atom stereocenters. The van der Waals surface area contributed by atoms with E-state index in [2.05, 4.69) is 18.7 Å². The standard InChI is InChI=1S/C13H24N2O2/c1-10-3-11(2)5-15(4-10)13(17)8-14-6-12(7-14)9-16/h10-12,16H,3-9H2,1-2H3. The van der Waals surface area contributed by atoms with Crippen molar-refractivity contribution >= 4 is 5.91 Å². The van der Waals surface area contributed by atoms with Gasteiger partial charge in [0, 0.05) is 38.7 Å². The lowest BCUT2D eigenvalue weighted by atomic mass is 9.92. The number of aliphatic hydroxyl groups is 1. The van der Waals surface area contributed by atoms with Crippen molar-refractivity contribution in [2.24, 2.45) is 17.8 Å². The molecule has 0 bridgehead atoms. The topological polar surface area (TPSA) is 43.8 Å². The summed E-state index contributed by atoms with van der Waals surface area (Å²) < 4.78 is 0. The molecule has 2 aliphatic rings. The molecule has 4 nitrogen and oxygen atoms in total. The number of nitrogens with zero attached hydrogens (tertiary/aromatic N) is 2. The van der Waals surface area contributed by atoms with Crippen molar-refractivity contribution in [1.82, 2.24) is 9.80 Å². The summed E-state index contributed by atoms with van der Waals surface area (Å²) in [4.78, 5) is 16.3. The van der Waals surface area contributed by atoms with E-state index in [0.29, 0.717) is 24.3 Å². The van der Waals surface area contributed by atoms with Crippen LogP contribution >= 0.6 is 0 Å². The Hall–Kier alpha value is -0.610. The van der Waals surface area contributed by atoms with E-state index in [1.165, 1.54) is 6.42 Å². The van der Waals surface area contributed by atoms with Crippen LogP contribution in [-0.2, 0) is 4.79 Å². The van der Waals surface area contributed by atoms with Crippen molar-refractivity contribution in [2.45, 2.75) is 20.3 Å². The Morgan fingerprint density at radius 1 is 1.18 bits per heavy atom. The highest BCUT2D eigenvalue weighted by molar-refractivity contribution is 5.78. The van der Waals surface area contributed by atoms with E-state index < -0.39 is 0 Å². The summed E-state index contributed by atoms with van der Waals surface area (Å²) in [7, 11) is 0. The summed E-state index contributed by atoms with van der Waals surface area (Å²) in [5.74, 6) is 1.91. The zero-order chi connectivity index (χ0) is 12.4. The molecule has 0 spiro atoms. The second kappa shape index (κ2) is 5.36. The number of likely N-dealkylation sites (tertiary alicyclic amines) is 2. The van der Waals surface area contributed by atoms with Crippen molar-refractivity contribution in [3.8, 4) is 0 Å². The number of aliphatic hydroxyl groups excluding tert-OH is 1. The van der Waals surface area contributed by atoms with Crippen molar-refractivity contribution in [1.29, 1.82) is 0 Å². The molecule has 1 N–H and O–H groups in total. The van der Waals surface area contributed by atoms with Crippen LogP contribution in [0.15, 0.2) is 0 Å². The molecular formula is C13H24N2O2. The van der Waals surface area contributed by atoms with Gasteiger partial charge in [-0.25, -0.2) is 0 Å². The minimum atomic E-state index is 0.252. The van der Waals surface area contributed by atoms with Gasteiger partial charge in [0.15, 0.2) is 0 Å². The fourth-order valence-corrected chi connectivity index (χ4v) is 3.08. The fourth-order valence-electron chi connectivity index (χ4n) is 3.08. The predicted octanol–water partition coefficient (Wildman–Crippen LogP) is 0.415.